The van der Waals surface area contributed by atoms with Crippen molar-refractivity contribution in [3.63, 3.8) is 0 Å². The first-order chi connectivity index (χ1) is 14.1. The van der Waals surface area contributed by atoms with Gasteiger partial charge in [-0.3, -0.25) is 4.79 Å². The van der Waals surface area contributed by atoms with Crippen LogP contribution in [-0.4, -0.2) is 31.2 Å². The van der Waals surface area contributed by atoms with Crippen molar-refractivity contribution in [3.05, 3.63) is 77.5 Å². The molecule has 0 fully saturated rings. The summed E-state index contributed by atoms with van der Waals surface area (Å²) in [5.74, 6) is 2.01. The van der Waals surface area contributed by atoms with Crippen molar-refractivity contribution in [2.75, 3.05) is 30.9 Å². The van der Waals surface area contributed by atoms with E-state index in [0.717, 1.165) is 28.3 Å². The van der Waals surface area contributed by atoms with Crippen molar-refractivity contribution < 1.29 is 14.3 Å². The molecule has 29 heavy (non-hydrogen) atoms. The molecule has 3 rings (SSSR count). The third-order valence-corrected chi connectivity index (χ3v) is 4.48. The molecule has 2 N–H and O–H groups in total. The van der Waals surface area contributed by atoms with E-state index in [-0.39, 0.29) is 5.91 Å². The van der Waals surface area contributed by atoms with Crippen LogP contribution in [0, 0.1) is 13.8 Å². The van der Waals surface area contributed by atoms with Gasteiger partial charge < -0.3 is 20.1 Å². The van der Waals surface area contributed by atoms with E-state index in [1.54, 1.807) is 25.4 Å². The predicted molar refractivity (Wildman–Crippen MR) is 115 cm³/mol. The minimum atomic E-state index is -0.165. The second kappa shape index (κ2) is 9.59. The molecule has 0 bridgehead atoms. The molecule has 0 atom stereocenters. The summed E-state index contributed by atoms with van der Waals surface area (Å²) in [7, 11) is 1.63. The molecule has 0 unspecified atom stereocenters. The number of nitrogens with zero attached hydrogens (tertiary/aromatic N) is 1. The van der Waals surface area contributed by atoms with Crippen LogP contribution in [-0.2, 0) is 0 Å². The fourth-order valence-electron chi connectivity index (χ4n) is 2.89. The molecule has 2 aromatic carbocycles. The van der Waals surface area contributed by atoms with Crippen LogP contribution >= 0.6 is 0 Å². The Morgan fingerprint density at radius 1 is 1.00 bits per heavy atom. The molecule has 6 nitrogen and oxygen atoms in total. The van der Waals surface area contributed by atoms with Gasteiger partial charge in [0, 0.05) is 17.4 Å². The van der Waals surface area contributed by atoms with Crippen molar-refractivity contribution in [1.82, 2.24) is 4.98 Å². The number of nitrogens with one attached hydrogen (secondary N) is 2. The maximum absolute atomic E-state index is 12.6. The highest BCUT2D eigenvalue weighted by Gasteiger charge is 2.10. The van der Waals surface area contributed by atoms with Gasteiger partial charge in [-0.2, -0.15) is 0 Å². The summed E-state index contributed by atoms with van der Waals surface area (Å²) in [6.07, 6.45) is 1.62. The topological polar surface area (TPSA) is 72.5 Å². The monoisotopic (exact) mass is 391 g/mol. The maximum Gasteiger partial charge on any atom is 0.255 e. The Labute approximate surface area is 170 Å². The molecule has 0 aliphatic carbocycles. The number of methoxy groups -OCH3 is 1. The van der Waals surface area contributed by atoms with Crippen molar-refractivity contribution in [2.45, 2.75) is 13.8 Å². The smallest absolute Gasteiger partial charge is 0.255 e. The van der Waals surface area contributed by atoms with E-state index < -0.39 is 0 Å². The van der Waals surface area contributed by atoms with Crippen LogP contribution in [0.4, 0.5) is 11.5 Å². The fraction of sp³-hybridized carbons (Fsp3) is 0.217. The van der Waals surface area contributed by atoms with E-state index in [1.165, 1.54) is 0 Å². The number of hydrogen-bond donors (Lipinski definition) is 2. The Kier molecular flexibility index (Phi) is 6.68. The van der Waals surface area contributed by atoms with E-state index in [4.69, 9.17) is 9.47 Å². The molecule has 1 heterocycles. The van der Waals surface area contributed by atoms with Crippen LogP contribution in [0.25, 0.3) is 0 Å². The summed E-state index contributed by atoms with van der Waals surface area (Å²) in [5.41, 5.74) is 3.45. The molecule has 1 aromatic heterocycles. The van der Waals surface area contributed by atoms with Crippen LogP contribution in [0.5, 0.6) is 11.5 Å². The highest BCUT2D eigenvalue weighted by atomic mass is 16.5. The summed E-state index contributed by atoms with van der Waals surface area (Å²) >= 11 is 0. The zero-order chi connectivity index (χ0) is 20.6. The molecule has 0 aliphatic rings. The normalized spacial score (nSPS) is 10.3. The minimum absolute atomic E-state index is 0.165. The Morgan fingerprint density at radius 2 is 1.69 bits per heavy atom. The fourth-order valence-corrected chi connectivity index (χ4v) is 2.89. The Morgan fingerprint density at radius 3 is 2.38 bits per heavy atom. The quantitative estimate of drug-likeness (QED) is 0.555. The largest absolute Gasteiger partial charge is 0.497 e. The van der Waals surface area contributed by atoms with Crippen LogP contribution in [0.15, 0.2) is 60.8 Å². The van der Waals surface area contributed by atoms with Crippen LogP contribution in [0.2, 0.25) is 0 Å². The molecular formula is C23H25N3O3. The summed E-state index contributed by atoms with van der Waals surface area (Å²) in [6.45, 7) is 4.98. The molecule has 3 aromatic rings. The van der Waals surface area contributed by atoms with E-state index in [1.807, 2.05) is 56.3 Å². The third-order valence-electron chi connectivity index (χ3n) is 4.48. The second-order valence-corrected chi connectivity index (χ2v) is 6.60. The van der Waals surface area contributed by atoms with Gasteiger partial charge in [-0.05, 0) is 61.4 Å². The first-order valence-corrected chi connectivity index (χ1v) is 9.41. The van der Waals surface area contributed by atoms with Gasteiger partial charge in [-0.25, -0.2) is 4.98 Å². The molecule has 6 heteroatoms. The van der Waals surface area contributed by atoms with Crippen molar-refractivity contribution in [1.29, 1.82) is 0 Å². The van der Waals surface area contributed by atoms with Gasteiger partial charge in [0.15, 0.2) is 0 Å². The highest BCUT2D eigenvalue weighted by molar-refractivity contribution is 6.05. The van der Waals surface area contributed by atoms with Crippen molar-refractivity contribution >= 4 is 17.4 Å². The lowest BCUT2D eigenvalue weighted by Gasteiger charge is -2.12. The first-order valence-electron chi connectivity index (χ1n) is 9.41. The predicted octanol–water partition coefficient (Wildman–Crippen LogP) is 4.45. The Bertz CT molecular complexity index is 951. The lowest BCUT2D eigenvalue weighted by atomic mass is 10.1. The van der Waals surface area contributed by atoms with Crippen LogP contribution in [0.3, 0.4) is 0 Å². The maximum atomic E-state index is 12.6. The lowest BCUT2D eigenvalue weighted by Crippen LogP contribution is -2.16. The Hall–Kier alpha value is -3.54. The summed E-state index contributed by atoms with van der Waals surface area (Å²) in [6, 6.07) is 16.8. The molecule has 0 aliphatic heterocycles. The number of carbonyl (C=O) groups excluding carboxylic acids is 1. The number of anilines is 2. The number of rotatable bonds is 8. The Balaban J connectivity index is 1.54. The molecule has 0 saturated carbocycles. The van der Waals surface area contributed by atoms with Gasteiger partial charge >= 0.3 is 0 Å². The molecule has 150 valence electrons. The standard InChI is InChI=1S/C23H25N3O3/c1-16-5-4-6-17(2)22(16)26-23(27)18-11-12-24-21(15-18)25-13-14-29-20-9-7-19(28-3)8-10-20/h4-12,15H,13-14H2,1-3H3,(H,24,25)(H,26,27). The van der Waals surface area contributed by atoms with E-state index in [2.05, 4.69) is 15.6 Å². The van der Waals surface area contributed by atoms with Gasteiger partial charge in [0.1, 0.15) is 23.9 Å². The first kappa shape index (κ1) is 20.2. The number of aryl methyl sites for hydroxylation is 2. The minimum Gasteiger partial charge on any atom is -0.497 e. The van der Waals surface area contributed by atoms with Gasteiger partial charge in [0.2, 0.25) is 0 Å². The molecular weight excluding hydrogens is 366 g/mol. The number of para-hydroxylation sites is 1. The van der Waals surface area contributed by atoms with Gasteiger partial charge in [0.05, 0.1) is 13.7 Å². The molecule has 0 spiro atoms. The number of amides is 1. The zero-order valence-corrected chi connectivity index (χ0v) is 16.9. The molecule has 0 radical (unpaired) electrons. The molecule has 0 saturated heterocycles. The second-order valence-electron chi connectivity index (χ2n) is 6.60. The van der Waals surface area contributed by atoms with Gasteiger partial charge in [-0.15, -0.1) is 0 Å². The number of ether oxygens (including phenoxy) is 2. The number of pyridine rings is 1. The summed E-state index contributed by atoms with van der Waals surface area (Å²) in [5, 5.41) is 6.17. The van der Waals surface area contributed by atoms with E-state index in [0.29, 0.717) is 24.5 Å². The average Bonchev–Trinajstić information content (AvgIpc) is 2.74. The lowest BCUT2D eigenvalue weighted by molar-refractivity contribution is 0.102. The zero-order valence-electron chi connectivity index (χ0n) is 16.9. The SMILES string of the molecule is COc1ccc(OCCNc2cc(C(=O)Nc3c(C)cccc3C)ccn2)cc1. The third kappa shape index (κ3) is 5.48. The number of aromatic nitrogens is 1. The van der Waals surface area contributed by atoms with E-state index >= 15 is 0 Å². The van der Waals surface area contributed by atoms with Crippen molar-refractivity contribution in [2.24, 2.45) is 0 Å². The van der Waals surface area contributed by atoms with E-state index in [9.17, 15) is 4.79 Å². The molecule has 1 amide bonds. The summed E-state index contributed by atoms with van der Waals surface area (Å²) < 4.78 is 10.8. The highest BCUT2D eigenvalue weighted by Crippen LogP contribution is 2.21. The average molecular weight is 391 g/mol. The van der Waals surface area contributed by atoms with Crippen LogP contribution in [0.1, 0.15) is 21.5 Å². The number of hydrogen-bond acceptors (Lipinski definition) is 5. The number of benzene rings is 2. The van der Waals surface area contributed by atoms with Crippen LogP contribution < -0.4 is 20.1 Å². The van der Waals surface area contributed by atoms with Gasteiger partial charge in [-0.1, -0.05) is 18.2 Å². The van der Waals surface area contributed by atoms with Crippen molar-refractivity contribution in [3.8, 4) is 11.5 Å². The number of carbonyl (C=O) groups is 1. The van der Waals surface area contributed by atoms with Gasteiger partial charge in [0.25, 0.3) is 5.91 Å². The summed E-state index contributed by atoms with van der Waals surface area (Å²) in [4.78, 5) is 16.9.